The Morgan fingerprint density at radius 3 is 2.30 bits per heavy atom. The average molecular weight is 282 g/mol. The Hall–Kier alpha value is -2.24. The van der Waals surface area contributed by atoms with Crippen LogP contribution in [-0.2, 0) is 20.7 Å². The van der Waals surface area contributed by atoms with Gasteiger partial charge in [-0.3, -0.25) is 9.59 Å². The van der Waals surface area contributed by atoms with Crippen molar-refractivity contribution in [2.24, 2.45) is 5.92 Å². The van der Waals surface area contributed by atoms with E-state index in [0.29, 0.717) is 11.5 Å². The van der Waals surface area contributed by atoms with Crippen LogP contribution in [0.4, 0.5) is 0 Å². The van der Waals surface area contributed by atoms with Crippen LogP contribution in [-0.4, -0.2) is 38.4 Å². The van der Waals surface area contributed by atoms with Crippen molar-refractivity contribution >= 4 is 11.9 Å². The first kappa shape index (κ1) is 15.8. The smallest absolute Gasteiger partial charge is 0.309 e. The van der Waals surface area contributed by atoms with E-state index in [0.717, 1.165) is 5.56 Å². The van der Waals surface area contributed by atoms with E-state index in [4.69, 9.17) is 14.6 Å². The van der Waals surface area contributed by atoms with Gasteiger partial charge in [-0.1, -0.05) is 6.07 Å². The first-order valence-electron chi connectivity index (χ1n) is 6.02. The van der Waals surface area contributed by atoms with Crippen LogP contribution in [0.3, 0.4) is 0 Å². The van der Waals surface area contributed by atoms with Gasteiger partial charge in [0.25, 0.3) is 0 Å². The van der Waals surface area contributed by atoms with Gasteiger partial charge in [-0.25, -0.2) is 0 Å². The van der Waals surface area contributed by atoms with Gasteiger partial charge < -0.3 is 19.3 Å². The molecule has 20 heavy (non-hydrogen) atoms. The molecule has 6 nitrogen and oxygen atoms in total. The largest absolute Gasteiger partial charge is 0.493 e. The lowest BCUT2D eigenvalue weighted by molar-refractivity contribution is -0.150. The Bertz CT molecular complexity index is 483. The second-order valence-corrected chi connectivity index (χ2v) is 4.21. The molecule has 0 radical (unpaired) electrons. The van der Waals surface area contributed by atoms with Crippen molar-refractivity contribution in [2.45, 2.75) is 12.8 Å². The monoisotopic (exact) mass is 282 g/mol. The number of esters is 1. The normalized spacial score (nSPS) is 11.6. The highest BCUT2D eigenvalue weighted by molar-refractivity contribution is 5.79. The molecule has 0 aliphatic heterocycles. The molecule has 0 aliphatic carbocycles. The summed E-state index contributed by atoms with van der Waals surface area (Å²) in [5.41, 5.74) is 0.777. The third kappa shape index (κ3) is 4.15. The summed E-state index contributed by atoms with van der Waals surface area (Å²) < 4.78 is 14.9. The fraction of sp³-hybridized carbons (Fsp3) is 0.429. The SMILES string of the molecule is COC(=O)[C@H](CC(=O)O)Cc1ccc(OC)c(OC)c1. The predicted molar refractivity (Wildman–Crippen MR) is 71.0 cm³/mol. The Kier molecular flexibility index (Phi) is 5.83. The van der Waals surface area contributed by atoms with E-state index in [2.05, 4.69) is 4.74 Å². The number of hydrogen-bond donors (Lipinski definition) is 1. The lowest BCUT2D eigenvalue weighted by Gasteiger charge is -2.14. The molecule has 0 spiro atoms. The molecular weight excluding hydrogens is 264 g/mol. The van der Waals surface area contributed by atoms with Gasteiger partial charge >= 0.3 is 11.9 Å². The summed E-state index contributed by atoms with van der Waals surface area (Å²) in [6, 6.07) is 5.19. The van der Waals surface area contributed by atoms with Crippen LogP contribution in [0.15, 0.2) is 18.2 Å². The summed E-state index contributed by atoms with van der Waals surface area (Å²) in [5, 5.41) is 8.84. The fourth-order valence-electron chi connectivity index (χ4n) is 1.91. The zero-order valence-electron chi connectivity index (χ0n) is 11.7. The Morgan fingerprint density at radius 1 is 1.15 bits per heavy atom. The Balaban J connectivity index is 2.93. The van der Waals surface area contributed by atoms with Crippen molar-refractivity contribution in [2.75, 3.05) is 21.3 Å². The summed E-state index contributed by atoms with van der Waals surface area (Å²) in [4.78, 5) is 22.4. The van der Waals surface area contributed by atoms with Crippen molar-refractivity contribution in [3.63, 3.8) is 0 Å². The van der Waals surface area contributed by atoms with Gasteiger partial charge in [-0.15, -0.1) is 0 Å². The molecule has 1 aromatic rings. The molecule has 0 aliphatic rings. The summed E-state index contributed by atoms with van der Waals surface area (Å²) in [5.74, 6) is -1.20. The summed E-state index contributed by atoms with van der Waals surface area (Å²) in [6.07, 6.45) is -0.0135. The van der Waals surface area contributed by atoms with Gasteiger partial charge in [0.15, 0.2) is 11.5 Å². The molecule has 1 aromatic carbocycles. The van der Waals surface area contributed by atoms with E-state index >= 15 is 0 Å². The zero-order chi connectivity index (χ0) is 15.1. The van der Waals surface area contributed by atoms with Gasteiger partial charge in [0.1, 0.15) is 0 Å². The molecule has 110 valence electrons. The number of hydrogen-bond acceptors (Lipinski definition) is 5. The van der Waals surface area contributed by atoms with Crippen LogP contribution < -0.4 is 9.47 Å². The van der Waals surface area contributed by atoms with Crippen molar-refractivity contribution < 1.29 is 28.9 Å². The molecule has 0 heterocycles. The van der Waals surface area contributed by atoms with Crippen molar-refractivity contribution in [1.82, 2.24) is 0 Å². The molecule has 0 fully saturated rings. The van der Waals surface area contributed by atoms with Crippen LogP contribution in [0, 0.1) is 5.92 Å². The molecular formula is C14H18O6. The minimum atomic E-state index is -1.04. The van der Waals surface area contributed by atoms with E-state index in [1.165, 1.54) is 21.3 Å². The standard InChI is InChI=1S/C14H18O6/c1-18-11-5-4-9(7-12(11)19-2)6-10(8-13(15)16)14(17)20-3/h4-5,7,10H,6,8H2,1-3H3,(H,15,16)/t10-/m0/s1. The van der Waals surface area contributed by atoms with E-state index < -0.39 is 17.9 Å². The first-order valence-corrected chi connectivity index (χ1v) is 6.02. The number of carboxylic acids is 1. The lowest BCUT2D eigenvalue weighted by Crippen LogP contribution is -2.22. The molecule has 1 atom stereocenters. The highest BCUT2D eigenvalue weighted by Crippen LogP contribution is 2.29. The number of carbonyl (C=O) groups is 2. The fourth-order valence-corrected chi connectivity index (χ4v) is 1.91. The number of benzene rings is 1. The maximum Gasteiger partial charge on any atom is 0.309 e. The highest BCUT2D eigenvalue weighted by atomic mass is 16.5. The molecule has 0 saturated heterocycles. The maximum absolute atomic E-state index is 11.6. The van der Waals surface area contributed by atoms with Crippen LogP contribution in [0.1, 0.15) is 12.0 Å². The van der Waals surface area contributed by atoms with Gasteiger partial charge in [0.2, 0.25) is 0 Å². The second-order valence-electron chi connectivity index (χ2n) is 4.21. The van der Waals surface area contributed by atoms with Crippen LogP contribution in [0.25, 0.3) is 0 Å². The van der Waals surface area contributed by atoms with Crippen molar-refractivity contribution in [1.29, 1.82) is 0 Å². The van der Waals surface area contributed by atoms with E-state index in [-0.39, 0.29) is 12.8 Å². The van der Waals surface area contributed by atoms with Gasteiger partial charge in [0.05, 0.1) is 33.7 Å². The third-order valence-corrected chi connectivity index (χ3v) is 2.89. The van der Waals surface area contributed by atoms with Crippen molar-refractivity contribution in [3.8, 4) is 11.5 Å². The third-order valence-electron chi connectivity index (χ3n) is 2.89. The molecule has 6 heteroatoms. The molecule has 0 bridgehead atoms. The number of carboxylic acid groups (broad SMARTS) is 1. The minimum absolute atomic E-state index is 0.263. The van der Waals surface area contributed by atoms with E-state index in [1.54, 1.807) is 18.2 Å². The highest BCUT2D eigenvalue weighted by Gasteiger charge is 2.23. The maximum atomic E-state index is 11.6. The second kappa shape index (κ2) is 7.37. The summed E-state index contributed by atoms with van der Waals surface area (Å²) in [7, 11) is 4.28. The van der Waals surface area contributed by atoms with Gasteiger partial charge in [-0.2, -0.15) is 0 Å². The molecule has 1 N–H and O–H groups in total. The van der Waals surface area contributed by atoms with E-state index in [9.17, 15) is 9.59 Å². The lowest BCUT2D eigenvalue weighted by atomic mass is 9.96. The number of carbonyl (C=O) groups excluding carboxylic acids is 1. The van der Waals surface area contributed by atoms with Gasteiger partial charge in [-0.05, 0) is 24.1 Å². The summed E-state index contributed by atoms with van der Waals surface area (Å²) in [6.45, 7) is 0. The number of ether oxygens (including phenoxy) is 3. The molecule has 0 saturated carbocycles. The molecule has 0 amide bonds. The number of rotatable bonds is 7. The Labute approximate surface area is 117 Å². The molecule has 1 rings (SSSR count). The molecule has 0 unspecified atom stereocenters. The average Bonchev–Trinajstić information content (AvgIpc) is 2.45. The predicted octanol–water partition coefficient (Wildman–Crippen LogP) is 1.51. The summed E-state index contributed by atoms with van der Waals surface area (Å²) >= 11 is 0. The molecule has 0 aromatic heterocycles. The van der Waals surface area contributed by atoms with Crippen LogP contribution >= 0.6 is 0 Å². The first-order chi connectivity index (χ1) is 9.51. The number of methoxy groups -OCH3 is 3. The minimum Gasteiger partial charge on any atom is -0.493 e. The Morgan fingerprint density at radius 2 is 1.80 bits per heavy atom. The van der Waals surface area contributed by atoms with E-state index in [1.807, 2.05) is 0 Å². The topological polar surface area (TPSA) is 82.1 Å². The number of aliphatic carboxylic acids is 1. The van der Waals surface area contributed by atoms with Crippen molar-refractivity contribution in [3.05, 3.63) is 23.8 Å². The quantitative estimate of drug-likeness (QED) is 0.763. The van der Waals surface area contributed by atoms with Gasteiger partial charge in [0, 0.05) is 0 Å². The van der Waals surface area contributed by atoms with Crippen LogP contribution in [0.2, 0.25) is 0 Å². The zero-order valence-corrected chi connectivity index (χ0v) is 11.7. The van der Waals surface area contributed by atoms with Crippen LogP contribution in [0.5, 0.6) is 11.5 Å².